The molecule has 1 heterocycles. The van der Waals surface area contributed by atoms with Gasteiger partial charge in [0.05, 0.1) is 0 Å². The summed E-state index contributed by atoms with van der Waals surface area (Å²) in [6, 6.07) is 0. The van der Waals surface area contributed by atoms with E-state index in [4.69, 9.17) is 4.74 Å². The van der Waals surface area contributed by atoms with Crippen LogP contribution in [0.3, 0.4) is 0 Å². The summed E-state index contributed by atoms with van der Waals surface area (Å²) < 4.78 is 5.32. The molecule has 1 amide bonds. The van der Waals surface area contributed by atoms with Gasteiger partial charge in [-0.3, -0.25) is 0 Å². The SMILES string of the molecule is CC(C)(C)OC(=O)N1CC[C@@H](CCS)C1. The third-order valence-electron chi connectivity index (χ3n) is 2.47. The van der Waals surface area contributed by atoms with E-state index >= 15 is 0 Å². The number of rotatable bonds is 2. The number of likely N-dealkylation sites (tertiary alicyclic amines) is 1. The van der Waals surface area contributed by atoms with Gasteiger partial charge in [0.15, 0.2) is 0 Å². The Hall–Kier alpha value is -0.380. The molecule has 4 heteroatoms. The molecule has 3 nitrogen and oxygen atoms in total. The van der Waals surface area contributed by atoms with E-state index in [-0.39, 0.29) is 6.09 Å². The Bertz CT molecular complexity index is 225. The minimum atomic E-state index is -0.390. The van der Waals surface area contributed by atoms with Crippen molar-refractivity contribution in [1.29, 1.82) is 0 Å². The molecule has 0 bridgehead atoms. The summed E-state index contributed by atoms with van der Waals surface area (Å²) >= 11 is 4.21. The first-order valence-electron chi connectivity index (χ1n) is 5.51. The molecule has 1 aliphatic rings. The van der Waals surface area contributed by atoms with E-state index in [1.807, 2.05) is 20.8 Å². The first kappa shape index (κ1) is 12.7. The molecule has 1 rings (SSSR count). The van der Waals surface area contributed by atoms with Gasteiger partial charge in [-0.25, -0.2) is 4.79 Å². The highest BCUT2D eigenvalue weighted by atomic mass is 32.1. The Kier molecular flexibility index (Phi) is 4.32. The van der Waals surface area contributed by atoms with Crippen LogP contribution in [0.2, 0.25) is 0 Å². The summed E-state index contributed by atoms with van der Waals surface area (Å²) in [5.41, 5.74) is -0.390. The van der Waals surface area contributed by atoms with Crippen molar-refractivity contribution in [3.63, 3.8) is 0 Å². The third kappa shape index (κ3) is 4.33. The van der Waals surface area contributed by atoms with Crippen LogP contribution in [-0.2, 0) is 4.74 Å². The molecule has 0 N–H and O–H groups in total. The fourth-order valence-electron chi connectivity index (χ4n) is 1.74. The van der Waals surface area contributed by atoms with Gasteiger partial charge in [-0.1, -0.05) is 0 Å². The molecular formula is C11H21NO2S. The molecular weight excluding hydrogens is 210 g/mol. The number of nitrogens with zero attached hydrogens (tertiary/aromatic N) is 1. The Morgan fingerprint density at radius 3 is 2.73 bits per heavy atom. The maximum absolute atomic E-state index is 11.7. The Labute approximate surface area is 97.6 Å². The van der Waals surface area contributed by atoms with Crippen LogP contribution in [0.15, 0.2) is 0 Å². The Morgan fingerprint density at radius 1 is 1.53 bits per heavy atom. The molecule has 1 saturated heterocycles. The zero-order valence-electron chi connectivity index (χ0n) is 9.82. The quantitative estimate of drug-likeness (QED) is 0.740. The molecule has 15 heavy (non-hydrogen) atoms. The van der Waals surface area contributed by atoms with E-state index in [9.17, 15) is 4.79 Å². The number of amides is 1. The molecule has 1 aliphatic heterocycles. The van der Waals surface area contributed by atoms with Crippen molar-refractivity contribution in [2.75, 3.05) is 18.8 Å². The monoisotopic (exact) mass is 231 g/mol. The second-order valence-corrected chi connectivity index (χ2v) is 5.54. The summed E-state index contributed by atoms with van der Waals surface area (Å²) in [6.07, 6.45) is 1.99. The lowest BCUT2D eigenvalue weighted by molar-refractivity contribution is 0.0288. The van der Waals surface area contributed by atoms with Gasteiger partial charge in [0.2, 0.25) is 0 Å². The van der Waals surface area contributed by atoms with Gasteiger partial charge in [0.25, 0.3) is 0 Å². The van der Waals surface area contributed by atoms with Gasteiger partial charge in [-0.05, 0) is 45.3 Å². The number of carbonyl (C=O) groups is 1. The van der Waals surface area contributed by atoms with Gasteiger partial charge in [-0.2, -0.15) is 12.6 Å². The molecule has 0 aromatic heterocycles. The average molecular weight is 231 g/mol. The normalized spacial score (nSPS) is 21.9. The van der Waals surface area contributed by atoms with E-state index < -0.39 is 5.60 Å². The number of thiol groups is 1. The van der Waals surface area contributed by atoms with Crippen LogP contribution in [0.25, 0.3) is 0 Å². The van der Waals surface area contributed by atoms with Gasteiger partial charge in [0.1, 0.15) is 5.60 Å². The first-order chi connectivity index (χ1) is 6.92. The van der Waals surface area contributed by atoms with E-state index in [1.54, 1.807) is 4.90 Å². The van der Waals surface area contributed by atoms with Crippen LogP contribution in [0.1, 0.15) is 33.6 Å². The van der Waals surface area contributed by atoms with Crippen LogP contribution >= 0.6 is 12.6 Å². The fraction of sp³-hybridized carbons (Fsp3) is 0.909. The molecule has 0 radical (unpaired) electrons. The molecule has 0 aromatic rings. The van der Waals surface area contributed by atoms with E-state index in [0.717, 1.165) is 31.7 Å². The number of hydrogen-bond donors (Lipinski definition) is 1. The topological polar surface area (TPSA) is 29.5 Å². The predicted molar refractivity (Wildman–Crippen MR) is 64.4 cm³/mol. The predicted octanol–water partition coefficient (Wildman–Crippen LogP) is 2.56. The summed E-state index contributed by atoms with van der Waals surface area (Å²) in [5, 5.41) is 0. The summed E-state index contributed by atoms with van der Waals surface area (Å²) in [4.78, 5) is 13.5. The summed E-state index contributed by atoms with van der Waals surface area (Å²) in [7, 11) is 0. The van der Waals surface area contributed by atoms with Crippen LogP contribution in [0.5, 0.6) is 0 Å². The van der Waals surface area contributed by atoms with Crippen LogP contribution in [0, 0.1) is 5.92 Å². The highest BCUT2D eigenvalue weighted by Gasteiger charge is 2.29. The maximum Gasteiger partial charge on any atom is 0.410 e. The zero-order chi connectivity index (χ0) is 11.5. The second kappa shape index (κ2) is 5.10. The fourth-order valence-corrected chi connectivity index (χ4v) is 2.11. The van der Waals surface area contributed by atoms with E-state index in [1.165, 1.54) is 0 Å². The summed E-state index contributed by atoms with van der Waals surface area (Å²) in [5.74, 6) is 1.50. The minimum Gasteiger partial charge on any atom is -0.444 e. The van der Waals surface area contributed by atoms with E-state index in [0.29, 0.717) is 5.92 Å². The highest BCUT2D eigenvalue weighted by molar-refractivity contribution is 7.80. The minimum absolute atomic E-state index is 0.177. The standard InChI is InChI=1S/C11H21NO2S/c1-11(2,3)14-10(13)12-6-4-9(8-12)5-7-15/h9,15H,4-8H2,1-3H3/t9-/m0/s1. The third-order valence-corrected chi connectivity index (χ3v) is 2.73. The molecule has 88 valence electrons. The van der Waals surface area contributed by atoms with Crippen LogP contribution < -0.4 is 0 Å². The van der Waals surface area contributed by atoms with Crippen molar-refractivity contribution in [2.24, 2.45) is 5.92 Å². The lowest BCUT2D eigenvalue weighted by Gasteiger charge is -2.24. The van der Waals surface area contributed by atoms with E-state index in [2.05, 4.69) is 12.6 Å². The number of ether oxygens (including phenoxy) is 1. The second-order valence-electron chi connectivity index (χ2n) is 5.09. The smallest absolute Gasteiger partial charge is 0.410 e. The molecule has 0 unspecified atom stereocenters. The maximum atomic E-state index is 11.7. The molecule has 0 saturated carbocycles. The van der Waals surface area contributed by atoms with Crippen molar-refractivity contribution < 1.29 is 9.53 Å². The molecule has 0 spiro atoms. The van der Waals surface area contributed by atoms with Crippen molar-refractivity contribution in [1.82, 2.24) is 4.90 Å². The molecule has 0 aliphatic carbocycles. The van der Waals surface area contributed by atoms with Crippen LogP contribution in [0.4, 0.5) is 4.79 Å². The van der Waals surface area contributed by atoms with Gasteiger partial charge < -0.3 is 9.64 Å². The van der Waals surface area contributed by atoms with Crippen molar-refractivity contribution in [2.45, 2.75) is 39.2 Å². The van der Waals surface area contributed by atoms with Gasteiger partial charge in [0, 0.05) is 13.1 Å². The Balaban J connectivity index is 2.37. The van der Waals surface area contributed by atoms with Crippen molar-refractivity contribution >= 4 is 18.7 Å². The number of hydrogen-bond acceptors (Lipinski definition) is 3. The van der Waals surface area contributed by atoms with Crippen molar-refractivity contribution in [3.05, 3.63) is 0 Å². The molecule has 0 aromatic carbocycles. The van der Waals surface area contributed by atoms with Gasteiger partial charge >= 0.3 is 6.09 Å². The van der Waals surface area contributed by atoms with Gasteiger partial charge in [-0.15, -0.1) is 0 Å². The molecule has 1 atom stereocenters. The highest BCUT2D eigenvalue weighted by Crippen LogP contribution is 2.21. The van der Waals surface area contributed by atoms with Crippen molar-refractivity contribution in [3.8, 4) is 0 Å². The first-order valence-corrected chi connectivity index (χ1v) is 6.14. The largest absolute Gasteiger partial charge is 0.444 e. The average Bonchev–Trinajstić information content (AvgIpc) is 2.50. The molecule has 1 fully saturated rings. The zero-order valence-corrected chi connectivity index (χ0v) is 10.7. The number of carbonyl (C=O) groups excluding carboxylic acids is 1. The lowest BCUT2D eigenvalue weighted by Crippen LogP contribution is -2.35. The summed E-state index contributed by atoms with van der Waals surface area (Å²) in [6.45, 7) is 7.34. The van der Waals surface area contributed by atoms with Crippen LogP contribution in [-0.4, -0.2) is 35.4 Å². The Morgan fingerprint density at radius 2 is 2.20 bits per heavy atom. The lowest BCUT2D eigenvalue weighted by atomic mass is 10.1.